The van der Waals surface area contributed by atoms with E-state index in [0.717, 1.165) is 27.4 Å². The fourth-order valence-corrected chi connectivity index (χ4v) is 4.83. The largest absolute Gasteiger partial charge is 0.355 e. The molecule has 2 rings (SSSR count). The molecule has 0 spiro atoms. The normalized spacial score (nSPS) is 10.7. The van der Waals surface area contributed by atoms with Gasteiger partial charge in [0.05, 0.1) is 9.54 Å². The third-order valence-electron chi connectivity index (χ3n) is 2.70. The van der Waals surface area contributed by atoms with Crippen molar-refractivity contribution in [3.63, 3.8) is 0 Å². The molecule has 0 aliphatic heterocycles. The number of carbonyl (C=O) groups is 1. The highest BCUT2D eigenvalue weighted by atomic mass is 79.9. The molecule has 0 atom stereocenters. The Morgan fingerprint density at radius 3 is 2.74 bits per heavy atom. The minimum absolute atomic E-state index is 0.112. The van der Waals surface area contributed by atoms with Crippen molar-refractivity contribution in [3.8, 4) is 0 Å². The van der Waals surface area contributed by atoms with Crippen LogP contribution in [0.5, 0.6) is 0 Å². The summed E-state index contributed by atoms with van der Waals surface area (Å²) in [6, 6.07) is 7.74. The van der Waals surface area contributed by atoms with Crippen LogP contribution in [0.25, 0.3) is 0 Å². The van der Waals surface area contributed by atoms with Crippen LogP contribution < -0.4 is 5.32 Å². The molecule has 0 aliphatic rings. The SMILES string of the molecule is O=C(CSc1ccc(F)c(F)c1)NCCSCc1ccc(Br)s1. The first kappa shape index (κ1) is 18.8. The molecule has 1 aromatic carbocycles. The van der Waals surface area contributed by atoms with Crippen LogP contribution in [0.15, 0.2) is 39.0 Å². The van der Waals surface area contributed by atoms with Crippen molar-refractivity contribution in [1.82, 2.24) is 5.32 Å². The van der Waals surface area contributed by atoms with Gasteiger partial charge in [0.25, 0.3) is 0 Å². The third kappa shape index (κ3) is 6.82. The first-order valence-corrected chi connectivity index (χ1v) is 10.5. The van der Waals surface area contributed by atoms with Gasteiger partial charge in [-0.1, -0.05) is 0 Å². The van der Waals surface area contributed by atoms with E-state index in [0.29, 0.717) is 11.4 Å². The Balaban J connectivity index is 1.58. The van der Waals surface area contributed by atoms with Gasteiger partial charge in [0.2, 0.25) is 5.91 Å². The lowest BCUT2D eigenvalue weighted by molar-refractivity contribution is -0.118. The van der Waals surface area contributed by atoms with Crippen molar-refractivity contribution in [3.05, 3.63) is 50.6 Å². The number of halogens is 3. The zero-order valence-corrected chi connectivity index (χ0v) is 16.0. The molecule has 0 radical (unpaired) electrons. The number of thioether (sulfide) groups is 2. The quantitative estimate of drug-likeness (QED) is 0.468. The van der Waals surface area contributed by atoms with Crippen molar-refractivity contribution < 1.29 is 13.6 Å². The van der Waals surface area contributed by atoms with E-state index in [2.05, 4.69) is 27.3 Å². The molecule has 1 aromatic heterocycles. The van der Waals surface area contributed by atoms with Gasteiger partial charge in [-0.05, 0) is 46.3 Å². The smallest absolute Gasteiger partial charge is 0.230 e. The molecule has 0 saturated heterocycles. The number of amides is 1. The zero-order chi connectivity index (χ0) is 16.7. The number of hydrogen-bond acceptors (Lipinski definition) is 4. The Bertz CT molecular complexity index is 666. The maximum Gasteiger partial charge on any atom is 0.230 e. The monoisotopic (exact) mass is 437 g/mol. The highest BCUT2D eigenvalue weighted by Crippen LogP contribution is 2.25. The van der Waals surface area contributed by atoms with Crippen LogP contribution in [0.3, 0.4) is 0 Å². The third-order valence-corrected chi connectivity index (χ3v) is 6.51. The van der Waals surface area contributed by atoms with Crippen LogP contribution in [0, 0.1) is 11.6 Å². The molecule has 124 valence electrons. The Kier molecular flexibility index (Phi) is 7.88. The minimum atomic E-state index is -0.896. The van der Waals surface area contributed by atoms with E-state index >= 15 is 0 Å². The molecular formula is C15H14BrF2NOS3. The molecule has 1 heterocycles. The molecule has 1 N–H and O–H groups in total. The van der Waals surface area contributed by atoms with Crippen LogP contribution in [0.4, 0.5) is 8.78 Å². The standard InChI is InChI=1S/C15H14BrF2NOS3/c16-14-4-2-11(23-14)8-21-6-5-19-15(20)9-22-10-1-3-12(17)13(18)7-10/h1-4,7H,5-6,8-9H2,(H,19,20). The Hall–Kier alpha value is -0.570. The average molecular weight is 438 g/mol. The first-order chi connectivity index (χ1) is 11.0. The van der Waals surface area contributed by atoms with E-state index in [4.69, 9.17) is 0 Å². The van der Waals surface area contributed by atoms with E-state index in [1.807, 2.05) is 6.07 Å². The van der Waals surface area contributed by atoms with Crippen molar-refractivity contribution in [2.24, 2.45) is 0 Å². The lowest BCUT2D eigenvalue weighted by Gasteiger charge is -2.05. The number of benzene rings is 1. The molecule has 2 nitrogen and oxygen atoms in total. The Morgan fingerprint density at radius 1 is 1.22 bits per heavy atom. The number of hydrogen-bond donors (Lipinski definition) is 1. The fourth-order valence-electron chi connectivity index (χ4n) is 1.63. The fraction of sp³-hybridized carbons (Fsp3) is 0.267. The molecule has 8 heteroatoms. The first-order valence-electron chi connectivity index (χ1n) is 6.71. The van der Waals surface area contributed by atoms with Gasteiger partial charge in [-0.15, -0.1) is 23.1 Å². The Morgan fingerprint density at radius 2 is 2.04 bits per heavy atom. The second kappa shape index (κ2) is 9.66. The maximum absolute atomic E-state index is 13.0. The van der Waals surface area contributed by atoms with Crippen LogP contribution in [0.1, 0.15) is 4.88 Å². The number of nitrogens with one attached hydrogen (secondary N) is 1. The number of carbonyl (C=O) groups excluding carboxylic acids is 1. The van der Waals surface area contributed by atoms with Gasteiger partial charge in [0, 0.05) is 27.8 Å². The molecule has 2 aromatic rings. The van der Waals surface area contributed by atoms with Gasteiger partial charge in [-0.2, -0.15) is 11.8 Å². The summed E-state index contributed by atoms with van der Waals surface area (Å²) in [5, 5.41) is 2.82. The molecule has 0 bridgehead atoms. The summed E-state index contributed by atoms with van der Waals surface area (Å²) >= 11 is 8.07. The number of rotatable bonds is 8. The Labute approximate surface area is 154 Å². The van der Waals surface area contributed by atoms with Crippen LogP contribution in [-0.2, 0) is 10.5 Å². The van der Waals surface area contributed by atoms with E-state index < -0.39 is 11.6 Å². The van der Waals surface area contributed by atoms with E-state index in [-0.39, 0.29) is 11.7 Å². The van der Waals surface area contributed by atoms with Gasteiger partial charge in [0.1, 0.15) is 0 Å². The van der Waals surface area contributed by atoms with Crippen molar-refractivity contribution in [2.75, 3.05) is 18.1 Å². The zero-order valence-electron chi connectivity index (χ0n) is 12.0. The van der Waals surface area contributed by atoms with Gasteiger partial charge < -0.3 is 5.32 Å². The number of thiophene rings is 1. The lowest BCUT2D eigenvalue weighted by atomic mass is 10.3. The minimum Gasteiger partial charge on any atom is -0.355 e. The summed E-state index contributed by atoms with van der Waals surface area (Å²) in [5.74, 6) is 0.0558. The average Bonchev–Trinajstić information content (AvgIpc) is 2.93. The van der Waals surface area contributed by atoms with Crippen molar-refractivity contribution >= 4 is 56.7 Å². The molecule has 0 unspecified atom stereocenters. The van der Waals surface area contributed by atoms with Gasteiger partial charge in [-0.3, -0.25) is 4.79 Å². The van der Waals surface area contributed by atoms with E-state index in [1.54, 1.807) is 23.1 Å². The highest BCUT2D eigenvalue weighted by molar-refractivity contribution is 9.11. The van der Waals surface area contributed by atoms with E-state index in [1.165, 1.54) is 22.7 Å². The molecule has 23 heavy (non-hydrogen) atoms. The highest BCUT2D eigenvalue weighted by Gasteiger charge is 2.06. The molecule has 0 saturated carbocycles. The predicted molar refractivity (Wildman–Crippen MR) is 98.3 cm³/mol. The summed E-state index contributed by atoms with van der Waals surface area (Å²) in [6.07, 6.45) is 0. The lowest BCUT2D eigenvalue weighted by Crippen LogP contribution is -2.27. The summed E-state index contributed by atoms with van der Waals surface area (Å²) in [7, 11) is 0. The summed E-state index contributed by atoms with van der Waals surface area (Å²) in [6.45, 7) is 0.592. The maximum atomic E-state index is 13.0. The molecule has 0 aliphatic carbocycles. The summed E-state index contributed by atoms with van der Waals surface area (Å²) < 4.78 is 27.0. The van der Waals surface area contributed by atoms with Gasteiger partial charge in [-0.25, -0.2) is 8.78 Å². The second-order valence-corrected chi connectivity index (χ2v) is 9.17. The molecular weight excluding hydrogens is 424 g/mol. The van der Waals surface area contributed by atoms with Crippen LogP contribution >= 0.6 is 50.8 Å². The topological polar surface area (TPSA) is 29.1 Å². The second-order valence-electron chi connectivity index (χ2n) is 4.47. The molecule has 1 amide bonds. The van der Waals surface area contributed by atoms with Crippen molar-refractivity contribution in [1.29, 1.82) is 0 Å². The van der Waals surface area contributed by atoms with Crippen LogP contribution in [-0.4, -0.2) is 24.0 Å². The summed E-state index contributed by atoms with van der Waals surface area (Å²) in [4.78, 5) is 13.5. The molecule has 0 fully saturated rings. The predicted octanol–water partition coefficient (Wildman–Crippen LogP) is 4.93. The van der Waals surface area contributed by atoms with Crippen LogP contribution in [0.2, 0.25) is 0 Å². The summed E-state index contributed by atoms with van der Waals surface area (Å²) in [5.41, 5.74) is 0. The van der Waals surface area contributed by atoms with Gasteiger partial charge in [0.15, 0.2) is 11.6 Å². The van der Waals surface area contributed by atoms with E-state index in [9.17, 15) is 13.6 Å². The van der Waals surface area contributed by atoms with Gasteiger partial charge >= 0.3 is 0 Å². The van der Waals surface area contributed by atoms with Crippen molar-refractivity contribution in [2.45, 2.75) is 10.6 Å².